The summed E-state index contributed by atoms with van der Waals surface area (Å²) in [5.41, 5.74) is 1.24. The van der Waals surface area contributed by atoms with Crippen molar-refractivity contribution in [3.05, 3.63) is 52.4 Å². The van der Waals surface area contributed by atoms with E-state index in [4.69, 9.17) is 9.15 Å². The Morgan fingerprint density at radius 1 is 1.28 bits per heavy atom. The third kappa shape index (κ3) is 1.95. The van der Waals surface area contributed by atoms with Crippen molar-refractivity contribution in [3.63, 3.8) is 0 Å². The molecule has 2 atom stereocenters. The number of benzene rings is 1. The first kappa shape index (κ1) is 11.8. The second kappa shape index (κ2) is 4.78. The molecule has 1 N–H and O–H groups in total. The fourth-order valence-corrected chi connectivity index (χ4v) is 2.82. The molecule has 0 spiro atoms. The van der Waals surface area contributed by atoms with Crippen LogP contribution < -0.4 is 10.1 Å². The maximum absolute atomic E-state index is 5.73. The molecule has 2 heterocycles. The number of furan rings is 1. The van der Waals surface area contributed by atoms with Crippen molar-refractivity contribution in [2.24, 2.45) is 0 Å². The summed E-state index contributed by atoms with van der Waals surface area (Å²) in [6.45, 7) is 0.684. The molecule has 4 heteroatoms. The van der Waals surface area contributed by atoms with E-state index < -0.39 is 0 Å². The molecule has 3 rings (SSSR count). The van der Waals surface area contributed by atoms with Gasteiger partial charge in [0.25, 0.3) is 0 Å². The van der Waals surface area contributed by atoms with Crippen LogP contribution in [0.2, 0.25) is 0 Å². The number of ether oxygens (including phenoxy) is 1. The Balaban J connectivity index is 1.95. The van der Waals surface area contributed by atoms with Gasteiger partial charge in [-0.1, -0.05) is 18.2 Å². The van der Waals surface area contributed by atoms with Gasteiger partial charge in [-0.25, -0.2) is 0 Å². The SMILES string of the molecule is CNC(c1ccc(Br)o1)C1COc2ccccc21. The van der Waals surface area contributed by atoms with Crippen LogP contribution in [0.25, 0.3) is 0 Å². The summed E-state index contributed by atoms with van der Waals surface area (Å²) < 4.78 is 12.1. The molecule has 2 unspecified atom stereocenters. The minimum atomic E-state index is 0.125. The highest BCUT2D eigenvalue weighted by Gasteiger charge is 2.32. The largest absolute Gasteiger partial charge is 0.493 e. The van der Waals surface area contributed by atoms with Gasteiger partial charge in [0.05, 0.1) is 12.6 Å². The lowest BCUT2D eigenvalue weighted by Gasteiger charge is -2.20. The fourth-order valence-electron chi connectivity index (χ4n) is 2.50. The van der Waals surface area contributed by atoms with E-state index in [-0.39, 0.29) is 12.0 Å². The van der Waals surface area contributed by atoms with Crippen LogP contribution in [0.1, 0.15) is 23.3 Å². The zero-order valence-electron chi connectivity index (χ0n) is 10.0. The lowest BCUT2D eigenvalue weighted by atomic mass is 9.92. The summed E-state index contributed by atoms with van der Waals surface area (Å²) in [5, 5.41) is 3.32. The summed E-state index contributed by atoms with van der Waals surface area (Å²) in [7, 11) is 1.95. The van der Waals surface area contributed by atoms with E-state index in [1.807, 2.05) is 37.4 Å². The number of nitrogens with one attached hydrogen (secondary N) is 1. The molecule has 0 saturated heterocycles. The van der Waals surface area contributed by atoms with Crippen molar-refractivity contribution in [1.82, 2.24) is 5.32 Å². The lowest BCUT2D eigenvalue weighted by molar-refractivity contribution is 0.286. The van der Waals surface area contributed by atoms with Crippen molar-refractivity contribution in [1.29, 1.82) is 0 Å². The number of rotatable bonds is 3. The van der Waals surface area contributed by atoms with Crippen molar-refractivity contribution < 1.29 is 9.15 Å². The maximum Gasteiger partial charge on any atom is 0.169 e. The summed E-state index contributed by atoms with van der Waals surface area (Å²) in [4.78, 5) is 0. The second-order valence-electron chi connectivity index (χ2n) is 4.36. The quantitative estimate of drug-likeness (QED) is 0.942. The molecule has 0 radical (unpaired) electrons. The first-order chi connectivity index (χ1) is 8.79. The summed E-state index contributed by atoms with van der Waals surface area (Å²) in [6, 6.07) is 12.2. The minimum Gasteiger partial charge on any atom is -0.493 e. The Morgan fingerprint density at radius 2 is 2.11 bits per heavy atom. The molecule has 0 amide bonds. The third-order valence-corrected chi connectivity index (χ3v) is 3.78. The van der Waals surface area contributed by atoms with Crippen LogP contribution in [-0.2, 0) is 0 Å². The molecule has 94 valence electrons. The molecule has 0 bridgehead atoms. The molecule has 3 nitrogen and oxygen atoms in total. The summed E-state index contributed by atoms with van der Waals surface area (Å²) in [5.74, 6) is 2.19. The van der Waals surface area contributed by atoms with Crippen LogP contribution in [0.3, 0.4) is 0 Å². The highest BCUT2D eigenvalue weighted by atomic mass is 79.9. The van der Waals surface area contributed by atoms with Gasteiger partial charge < -0.3 is 14.5 Å². The van der Waals surface area contributed by atoms with Gasteiger partial charge in [-0.3, -0.25) is 0 Å². The molecule has 1 aliphatic rings. The molecule has 0 fully saturated rings. The van der Waals surface area contributed by atoms with Gasteiger partial charge in [0.2, 0.25) is 0 Å². The fraction of sp³-hybridized carbons (Fsp3) is 0.286. The highest BCUT2D eigenvalue weighted by Crippen LogP contribution is 2.41. The maximum atomic E-state index is 5.73. The third-order valence-electron chi connectivity index (χ3n) is 3.35. The molecule has 1 aliphatic heterocycles. The monoisotopic (exact) mass is 307 g/mol. The van der Waals surface area contributed by atoms with Gasteiger partial charge in [0.15, 0.2) is 4.67 Å². The van der Waals surface area contributed by atoms with Gasteiger partial charge >= 0.3 is 0 Å². The zero-order chi connectivity index (χ0) is 12.5. The smallest absolute Gasteiger partial charge is 0.169 e. The number of halogens is 1. The van der Waals surface area contributed by atoms with Crippen molar-refractivity contribution >= 4 is 15.9 Å². The van der Waals surface area contributed by atoms with Crippen molar-refractivity contribution in [3.8, 4) is 5.75 Å². The number of para-hydroxylation sites is 1. The molecule has 1 aromatic heterocycles. The Kier molecular flexibility index (Phi) is 3.14. The summed E-state index contributed by atoms with van der Waals surface area (Å²) in [6.07, 6.45) is 0. The Morgan fingerprint density at radius 3 is 2.83 bits per heavy atom. The van der Waals surface area contributed by atoms with E-state index in [9.17, 15) is 0 Å². The first-order valence-electron chi connectivity index (χ1n) is 5.94. The number of likely N-dealkylation sites (N-methyl/N-ethyl adjacent to an activating group) is 1. The van der Waals surface area contributed by atoms with Gasteiger partial charge in [0.1, 0.15) is 11.5 Å². The minimum absolute atomic E-state index is 0.125. The predicted molar refractivity (Wildman–Crippen MR) is 72.9 cm³/mol. The molecular formula is C14H14BrNO2. The predicted octanol–water partition coefficient (Wildman–Crippen LogP) is 3.48. The van der Waals surface area contributed by atoms with Crippen molar-refractivity contribution in [2.75, 3.05) is 13.7 Å². The van der Waals surface area contributed by atoms with E-state index in [0.29, 0.717) is 6.61 Å². The lowest BCUT2D eigenvalue weighted by Crippen LogP contribution is -2.24. The van der Waals surface area contributed by atoms with Crippen LogP contribution >= 0.6 is 15.9 Å². The number of hydrogen-bond acceptors (Lipinski definition) is 3. The second-order valence-corrected chi connectivity index (χ2v) is 5.15. The van der Waals surface area contributed by atoms with Gasteiger partial charge in [-0.15, -0.1) is 0 Å². The molecular weight excluding hydrogens is 294 g/mol. The Labute approximate surface area is 114 Å². The van der Waals surface area contributed by atoms with Crippen LogP contribution in [-0.4, -0.2) is 13.7 Å². The summed E-state index contributed by atoms with van der Waals surface area (Å²) >= 11 is 3.34. The number of fused-ring (bicyclic) bond motifs is 1. The molecule has 2 aromatic rings. The number of hydrogen-bond donors (Lipinski definition) is 1. The van der Waals surface area contributed by atoms with Gasteiger partial charge in [-0.05, 0) is 41.2 Å². The van der Waals surface area contributed by atoms with E-state index in [2.05, 4.69) is 27.3 Å². The Hall–Kier alpha value is -1.26. The van der Waals surface area contributed by atoms with Crippen LogP contribution in [0, 0.1) is 0 Å². The average molecular weight is 308 g/mol. The van der Waals surface area contributed by atoms with E-state index in [1.165, 1.54) is 5.56 Å². The standard InChI is InChI=1S/C14H14BrNO2/c1-16-14(12-6-7-13(15)18-12)10-8-17-11-5-3-2-4-9(10)11/h2-7,10,14,16H,8H2,1H3. The van der Waals surface area contributed by atoms with E-state index >= 15 is 0 Å². The molecule has 0 saturated carbocycles. The molecule has 1 aromatic carbocycles. The van der Waals surface area contributed by atoms with Gasteiger partial charge in [0, 0.05) is 11.5 Å². The highest BCUT2D eigenvalue weighted by molar-refractivity contribution is 9.10. The topological polar surface area (TPSA) is 34.4 Å². The van der Waals surface area contributed by atoms with Gasteiger partial charge in [-0.2, -0.15) is 0 Å². The average Bonchev–Trinajstić information content (AvgIpc) is 2.98. The van der Waals surface area contributed by atoms with E-state index in [1.54, 1.807) is 0 Å². The van der Waals surface area contributed by atoms with Crippen molar-refractivity contribution in [2.45, 2.75) is 12.0 Å². The van der Waals surface area contributed by atoms with Crippen LogP contribution in [0.15, 0.2) is 45.5 Å². The van der Waals surface area contributed by atoms with E-state index in [0.717, 1.165) is 16.2 Å². The van der Waals surface area contributed by atoms with Crippen LogP contribution in [0.4, 0.5) is 0 Å². The first-order valence-corrected chi connectivity index (χ1v) is 6.73. The molecule has 0 aliphatic carbocycles. The Bertz CT molecular complexity index is 552. The normalized spacial score (nSPS) is 19.3. The molecule has 18 heavy (non-hydrogen) atoms. The van der Waals surface area contributed by atoms with Crippen LogP contribution in [0.5, 0.6) is 5.75 Å². The zero-order valence-corrected chi connectivity index (χ0v) is 11.6.